The minimum atomic E-state index is -0.693. The maximum absolute atomic E-state index is 12.5. The molecule has 0 heterocycles. The Hall–Kier alpha value is -3.39. The zero-order chi connectivity index (χ0) is 23.0. The first-order valence-corrected chi connectivity index (χ1v) is 9.50. The first-order valence-electron chi connectivity index (χ1n) is 9.12. The van der Waals surface area contributed by atoms with Gasteiger partial charge in [-0.1, -0.05) is 17.7 Å². The maximum Gasteiger partial charge on any atom is 0.338 e. The van der Waals surface area contributed by atoms with Gasteiger partial charge in [0, 0.05) is 17.7 Å². The average molecular weight is 450 g/mol. The number of amides is 1. The highest BCUT2D eigenvalue weighted by Crippen LogP contribution is 2.36. The van der Waals surface area contributed by atoms with Crippen LogP contribution in [0.3, 0.4) is 0 Å². The van der Waals surface area contributed by atoms with E-state index in [9.17, 15) is 9.59 Å². The van der Waals surface area contributed by atoms with Crippen molar-refractivity contribution in [3.05, 3.63) is 53.1 Å². The van der Waals surface area contributed by atoms with Crippen LogP contribution in [0.1, 0.15) is 15.9 Å². The monoisotopic (exact) mass is 449 g/mol. The van der Waals surface area contributed by atoms with Crippen LogP contribution in [0.4, 0.5) is 5.69 Å². The van der Waals surface area contributed by atoms with Crippen LogP contribution in [-0.2, 0) is 16.0 Å². The molecule has 0 aliphatic carbocycles. The Morgan fingerprint density at radius 2 is 1.65 bits per heavy atom. The fourth-order valence-electron chi connectivity index (χ4n) is 2.83. The van der Waals surface area contributed by atoms with E-state index < -0.39 is 18.5 Å². The lowest BCUT2D eigenvalue weighted by atomic mass is 10.1. The lowest BCUT2D eigenvalue weighted by Crippen LogP contribution is -2.21. The molecule has 0 unspecified atom stereocenters. The van der Waals surface area contributed by atoms with Crippen LogP contribution in [0, 0.1) is 0 Å². The molecule has 0 radical (unpaired) electrons. The zero-order valence-electron chi connectivity index (χ0n) is 17.7. The molecule has 0 spiro atoms. The van der Waals surface area contributed by atoms with Crippen molar-refractivity contribution in [1.29, 1.82) is 0 Å². The molecule has 0 atom stereocenters. The maximum atomic E-state index is 12.5. The van der Waals surface area contributed by atoms with Gasteiger partial charge in [0.2, 0.25) is 0 Å². The Bertz CT molecular complexity index is 975. The van der Waals surface area contributed by atoms with Gasteiger partial charge in [-0.2, -0.15) is 0 Å². The molecule has 1 amide bonds. The molecule has 0 aliphatic heterocycles. The Labute approximate surface area is 185 Å². The fraction of sp³-hybridized carbons (Fsp3) is 0.273. The number of anilines is 1. The summed E-state index contributed by atoms with van der Waals surface area (Å²) in [6.07, 6.45) is 2.13. The van der Waals surface area contributed by atoms with Gasteiger partial charge in [-0.25, -0.2) is 4.79 Å². The van der Waals surface area contributed by atoms with Gasteiger partial charge in [0.1, 0.15) is 11.5 Å². The van der Waals surface area contributed by atoms with Gasteiger partial charge in [-0.05, 0) is 18.6 Å². The van der Waals surface area contributed by atoms with E-state index in [2.05, 4.69) is 11.9 Å². The van der Waals surface area contributed by atoms with Crippen molar-refractivity contribution >= 4 is 29.2 Å². The highest BCUT2D eigenvalue weighted by molar-refractivity contribution is 6.32. The van der Waals surface area contributed by atoms with Gasteiger partial charge in [-0.15, -0.1) is 6.58 Å². The molecular weight excluding hydrogens is 426 g/mol. The summed E-state index contributed by atoms with van der Waals surface area (Å²) < 4.78 is 26.1. The van der Waals surface area contributed by atoms with Gasteiger partial charge < -0.3 is 29.0 Å². The second-order valence-electron chi connectivity index (χ2n) is 6.18. The van der Waals surface area contributed by atoms with Crippen molar-refractivity contribution in [2.24, 2.45) is 0 Å². The van der Waals surface area contributed by atoms with Crippen molar-refractivity contribution in [1.82, 2.24) is 0 Å². The summed E-state index contributed by atoms with van der Waals surface area (Å²) in [6, 6.07) is 6.11. The number of nitrogens with one attached hydrogen (secondary N) is 1. The minimum absolute atomic E-state index is 0.216. The van der Waals surface area contributed by atoms with E-state index in [1.54, 1.807) is 12.1 Å². The highest BCUT2D eigenvalue weighted by atomic mass is 35.5. The van der Waals surface area contributed by atoms with E-state index in [0.29, 0.717) is 45.7 Å². The number of carbonyl (C=O) groups excluding carboxylic acids is 2. The molecule has 31 heavy (non-hydrogen) atoms. The Morgan fingerprint density at radius 1 is 0.968 bits per heavy atom. The second-order valence-corrected chi connectivity index (χ2v) is 6.58. The van der Waals surface area contributed by atoms with Crippen molar-refractivity contribution < 1.29 is 33.3 Å². The van der Waals surface area contributed by atoms with E-state index in [1.165, 1.54) is 46.6 Å². The van der Waals surface area contributed by atoms with Crippen LogP contribution in [-0.4, -0.2) is 46.9 Å². The third-order valence-corrected chi connectivity index (χ3v) is 4.53. The van der Waals surface area contributed by atoms with Gasteiger partial charge in [0.15, 0.2) is 18.1 Å². The molecule has 2 aromatic carbocycles. The van der Waals surface area contributed by atoms with Crippen molar-refractivity contribution in [2.45, 2.75) is 6.42 Å². The molecule has 0 saturated heterocycles. The van der Waals surface area contributed by atoms with E-state index in [1.807, 2.05) is 0 Å². The molecule has 0 aliphatic rings. The largest absolute Gasteiger partial charge is 0.495 e. The number of hydrogen-bond acceptors (Lipinski definition) is 7. The number of methoxy groups -OCH3 is 4. The molecule has 0 saturated carbocycles. The molecule has 2 rings (SSSR count). The van der Waals surface area contributed by atoms with E-state index >= 15 is 0 Å². The predicted octanol–water partition coefficient (Wildman–Crippen LogP) is 3.90. The van der Waals surface area contributed by atoms with Crippen LogP contribution in [0.5, 0.6) is 23.0 Å². The summed E-state index contributed by atoms with van der Waals surface area (Å²) in [5, 5.41) is 2.93. The first-order chi connectivity index (χ1) is 14.9. The molecule has 1 N–H and O–H groups in total. The lowest BCUT2D eigenvalue weighted by Gasteiger charge is -2.15. The normalized spacial score (nSPS) is 10.1. The summed E-state index contributed by atoms with van der Waals surface area (Å²) in [4.78, 5) is 24.8. The summed E-state index contributed by atoms with van der Waals surface area (Å²) in [5.74, 6) is 0.302. The van der Waals surface area contributed by atoms with E-state index in [4.69, 9.17) is 35.3 Å². The van der Waals surface area contributed by atoms with Crippen molar-refractivity contribution in [3.8, 4) is 23.0 Å². The third kappa shape index (κ3) is 5.82. The summed E-state index contributed by atoms with van der Waals surface area (Å²) >= 11 is 6.06. The van der Waals surface area contributed by atoms with E-state index in [0.717, 1.165) is 0 Å². The number of benzene rings is 2. The minimum Gasteiger partial charge on any atom is -0.495 e. The van der Waals surface area contributed by atoms with Gasteiger partial charge in [0.05, 0.1) is 44.7 Å². The van der Waals surface area contributed by atoms with Gasteiger partial charge in [0.25, 0.3) is 5.91 Å². The second kappa shape index (κ2) is 11.1. The highest BCUT2D eigenvalue weighted by Gasteiger charge is 2.18. The number of halogens is 1. The standard InChI is InChI=1S/C22H24ClNO7/c1-6-7-13-8-14(9-19(29-4)21(13)30-5)22(26)31-12-20(25)24-16-11-17(27-2)15(23)10-18(16)28-3/h6,8-11H,1,7,12H2,2-5H3,(H,24,25). The van der Waals surface area contributed by atoms with Crippen LogP contribution >= 0.6 is 11.6 Å². The molecular formula is C22H24ClNO7. The summed E-state index contributed by atoms with van der Waals surface area (Å²) in [6.45, 7) is 3.18. The molecule has 166 valence electrons. The molecule has 0 aromatic heterocycles. The van der Waals surface area contributed by atoms with Crippen molar-refractivity contribution in [3.63, 3.8) is 0 Å². The Kier molecular flexibility index (Phi) is 8.57. The zero-order valence-corrected chi connectivity index (χ0v) is 18.5. The number of hydrogen-bond donors (Lipinski definition) is 1. The molecule has 0 fully saturated rings. The Balaban J connectivity index is 2.13. The average Bonchev–Trinajstić information content (AvgIpc) is 2.77. The van der Waals surface area contributed by atoms with Crippen LogP contribution in [0.25, 0.3) is 0 Å². The fourth-order valence-corrected chi connectivity index (χ4v) is 3.06. The number of carbonyl (C=O) groups is 2. The lowest BCUT2D eigenvalue weighted by molar-refractivity contribution is -0.119. The smallest absolute Gasteiger partial charge is 0.338 e. The predicted molar refractivity (Wildman–Crippen MR) is 117 cm³/mol. The first kappa shape index (κ1) is 23.9. The van der Waals surface area contributed by atoms with Crippen LogP contribution in [0.15, 0.2) is 36.9 Å². The van der Waals surface area contributed by atoms with Gasteiger partial charge in [-0.3, -0.25) is 4.79 Å². The summed E-state index contributed by atoms with van der Waals surface area (Å²) in [5.41, 5.74) is 1.24. The van der Waals surface area contributed by atoms with Gasteiger partial charge >= 0.3 is 5.97 Å². The van der Waals surface area contributed by atoms with E-state index in [-0.39, 0.29) is 5.56 Å². The topological polar surface area (TPSA) is 92.3 Å². The quantitative estimate of drug-likeness (QED) is 0.434. The molecule has 2 aromatic rings. The van der Waals surface area contributed by atoms with Crippen molar-refractivity contribution in [2.75, 3.05) is 40.4 Å². The third-order valence-electron chi connectivity index (χ3n) is 4.24. The Morgan fingerprint density at radius 3 is 2.23 bits per heavy atom. The number of allylic oxidation sites excluding steroid dienone is 1. The molecule has 0 bridgehead atoms. The number of esters is 1. The molecule has 9 heteroatoms. The SMILES string of the molecule is C=CCc1cc(C(=O)OCC(=O)Nc2cc(OC)c(Cl)cc2OC)cc(OC)c1OC. The van der Waals surface area contributed by atoms with Crippen LogP contribution in [0.2, 0.25) is 5.02 Å². The van der Waals surface area contributed by atoms with Crippen LogP contribution < -0.4 is 24.3 Å². The summed E-state index contributed by atoms with van der Waals surface area (Å²) in [7, 11) is 5.86. The number of ether oxygens (including phenoxy) is 5. The number of rotatable bonds is 10. The molecule has 8 nitrogen and oxygen atoms in total.